The van der Waals surface area contributed by atoms with Gasteiger partial charge in [0.2, 0.25) is 0 Å². The largest absolute Gasteiger partial charge is 0.489 e. The molecule has 2 N–H and O–H groups in total. The second-order valence-electron chi connectivity index (χ2n) is 4.96. The van der Waals surface area contributed by atoms with E-state index in [0.29, 0.717) is 11.1 Å². The van der Waals surface area contributed by atoms with E-state index in [9.17, 15) is 4.39 Å². The minimum absolute atomic E-state index is 0.0548. The van der Waals surface area contributed by atoms with E-state index >= 15 is 0 Å². The predicted octanol–water partition coefficient (Wildman–Crippen LogP) is 4.82. The van der Waals surface area contributed by atoms with Crippen LogP contribution in [-0.2, 0) is 13.0 Å². The molecule has 0 radical (unpaired) electrons. The van der Waals surface area contributed by atoms with Crippen LogP contribution in [0.25, 0.3) is 0 Å². The third-order valence-electron chi connectivity index (χ3n) is 2.96. The molecule has 0 bridgehead atoms. The molecule has 0 spiro atoms. The number of ether oxygens (including phenoxy) is 1. The van der Waals surface area contributed by atoms with Gasteiger partial charge in [-0.15, -0.1) is 0 Å². The molecule has 0 aliphatic rings. The highest BCUT2D eigenvalue weighted by Crippen LogP contribution is 2.26. The van der Waals surface area contributed by atoms with Gasteiger partial charge in [-0.2, -0.15) is 0 Å². The van der Waals surface area contributed by atoms with Crippen LogP contribution in [0.5, 0.6) is 5.75 Å². The molecule has 0 saturated heterocycles. The number of hydrogen-bond donors (Lipinski definition) is 1. The summed E-state index contributed by atoms with van der Waals surface area (Å²) in [6.07, 6.45) is 0.735. The average Bonchev–Trinajstić information content (AvgIpc) is 2.39. The van der Waals surface area contributed by atoms with Crippen LogP contribution in [0.2, 0.25) is 0 Å². The lowest BCUT2D eigenvalue weighted by Crippen LogP contribution is -2.18. The summed E-state index contributed by atoms with van der Waals surface area (Å²) in [6.45, 7) is 2.33. The Labute approximate surface area is 140 Å². The van der Waals surface area contributed by atoms with Gasteiger partial charge in [-0.05, 0) is 49.2 Å². The summed E-state index contributed by atoms with van der Waals surface area (Å²) in [5.41, 5.74) is 7.82. The Morgan fingerprint density at radius 3 is 2.57 bits per heavy atom. The highest BCUT2D eigenvalue weighted by molar-refractivity contribution is 9.10. The van der Waals surface area contributed by atoms with Gasteiger partial charge in [0.25, 0.3) is 0 Å². The van der Waals surface area contributed by atoms with E-state index in [0.717, 1.165) is 27.8 Å². The maximum atomic E-state index is 13.1. The van der Waals surface area contributed by atoms with Crippen LogP contribution in [0.3, 0.4) is 0 Å². The van der Waals surface area contributed by atoms with Crippen molar-refractivity contribution in [3.05, 3.63) is 62.3 Å². The quantitative estimate of drug-likeness (QED) is 0.758. The van der Waals surface area contributed by atoms with Crippen molar-refractivity contribution in [1.29, 1.82) is 0 Å². The van der Waals surface area contributed by atoms with Crippen LogP contribution in [0.1, 0.15) is 18.1 Å². The van der Waals surface area contributed by atoms with Gasteiger partial charge in [0.1, 0.15) is 18.2 Å². The smallest absolute Gasteiger partial charge is 0.124 e. The second-order valence-corrected chi connectivity index (χ2v) is 6.73. The molecule has 0 aliphatic heterocycles. The van der Waals surface area contributed by atoms with Crippen molar-refractivity contribution >= 4 is 31.9 Å². The van der Waals surface area contributed by atoms with Crippen molar-refractivity contribution in [2.45, 2.75) is 26.0 Å². The van der Waals surface area contributed by atoms with E-state index in [1.54, 1.807) is 6.07 Å². The van der Waals surface area contributed by atoms with Gasteiger partial charge in [0, 0.05) is 20.6 Å². The molecule has 0 aromatic heterocycles. The van der Waals surface area contributed by atoms with Gasteiger partial charge in [0.15, 0.2) is 0 Å². The SMILES string of the molecule is CC(N)Cc1cc(Br)ccc1OCc1ccc(F)cc1Br. The topological polar surface area (TPSA) is 35.2 Å². The van der Waals surface area contributed by atoms with E-state index in [2.05, 4.69) is 31.9 Å². The van der Waals surface area contributed by atoms with Crippen molar-refractivity contribution < 1.29 is 9.13 Å². The van der Waals surface area contributed by atoms with E-state index in [1.807, 2.05) is 25.1 Å². The molecule has 0 heterocycles. The fourth-order valence-corrected chi connectivity index (χ4v) is 2.86. The van der Waals surface area contributed by atoms with Crippen LogP contribution < -0.4 is 10.5 Å². The fourth-order valence-electron chi connectivity index (χ4n) is 1.99. The minimum atomic E-state index is -0.271. The van der Waals surface area contributed by atoms with Gasteiger partial charge in [0.05, 0.1) is 0 Å². The molecule has 112 valence electrons. The highest BCUT2D eigenvalue weighted by Gasteiger charge is 2.09. The molecule has 2 aromatic rings. The summed E-state index contributed by atoms with van der Waals surface area (Å²) < 4.78 is 20.6. The molecule has 0 amide bonds. The van der Waals surface area contributed by atoms with Crippen LogP contribution in [-0.4, -0.2) is 6.04 Å². The molecule has 0 aliphatic carbocycles. The van der Waals surface area contributed by atoms with Crippen LogP contribution in [0, 0.1) is 5.82 Å². The molecule has 0 saturated carbocycles. The molecule has 2 nitrogen and oxygen atoms in total. The first-order chi connectivity index (χ1) is 9.95. The van der Waals surface area contributed by atoms with Gasteiger partial charge < -0.3 is 10.5 Å². The summed E-state index contributed by atoms with van der Waals surface area (Å²) in [6, 6.07) is 10.5. The molecule has 1 atom stereocenters. The zero-order valence-corrected chi connectivity index (χ0v) is 14.7. The van der Waals surface area contributed by atoms with E-state index in [-0.39, 0.29) is 11.9 Å². The molecule has 5 heteroatoms. The summed E-state index contributed by atoms with van der Waals surface area (Å²) >= 11 is 6.80. The van der Waals surface area contributed by atoms with Crippen LogP contribution in [0.15, 0.2) is 45.3 Å². The Morgan fingerprint density at radius 1 is 1.14 bits per heavy atom. The van der Waals surface area contributed by atoms with Crippen molar-refractivity contribution in [3.8, 4) is 5.75 Å². The second kappa shape index (κ2) is 7.38. The van der Waals surface area contributed by atoms with E-state index < -0.39 is 0 Å². The lowest BCUT2D eigenvalue weighted by Gasteiger charge is -2.14. The Kier molecular flexibility index (Phi) is 5.79. The summed E-state index contributed by atoms with van der Waals surface area (Å²) in [5, 5.41) is 0. The standard InChI is InChI=1S/C16H16Br2FNO/c1-10(20)6-12-7-13(17)3-5-16(12)21-9-11-2-4-14(19)8-15(11)18/h2-5,7-8,10H,6,9,20H2,1H3. The zero-order chi connectivity index (χ0) is 15.4. The van der Waals surface area contributed by atoms with Crippen molar-refractivity contribution in [1.82, 2.24) is 0 Å². The molecule has 2 aromatic carbocycles. The van der Waals surface area contributed by atoms with Crippen LogP contribution in [0.4, 0.5) is 4.39 Å². The van der Waals surface area contributed by atoms with Crippen molar-refractivity contribution in [3.63, 3.8) is 0 Å². The first-order valence-electron chi connectivity index (χ1n) is 6.56. The normalized spacial score (nSPS) is 12.2. The number of halogens is 3. The minimum Gasteiger partial charge on any atom is -0.489 e. The number of nitrogens with two attached hydrogens (primary N) is 1. The van der Waals surface area contributed by atoms with Gasteiger partial charge in [-0.1, -0.05) is 37.9 Å². The predicted molar refractivity (Wildman–Crippen MR) is 89.9 cm³/mol. The lowest BCUT2D eigenvalue weighted by molar-refractivity contribution is 0.301. The molecular weight excluding hydrogens is 401 g/mol. The summed E-state index contributed by atoms with van der Waals surface area (Å²) in [5.74, 6) is 0.527. The van der Waals surface area contributed by atoms with Crippen molar-refractivity contribution in [2.24, 2.45) is 5.73 Å². The molecule has 1 unspecified atom stereocenters. The number of hydrogen-bond acceptors (Lipinski definition) is 2. The number of rotatable bonds is 5. The average molecular weight is 417 g/mol. The van der Waals surface area contributed by atoms with E-state index in [4.69, 9.17) is 10.5 Å². The van der Waals surface area contributed by atoms with Gasteiger partial charge in [-0.25, -0.2) is 4.39 Å². The van der Waals surface area contributed by atoms with Crippen LogP contribution >= 0.6 is 31.9 Å². The maximum Gasteiger partial charge on any atom is 0.124 e. The van der Waals surface area contributed by atoms with Gasteiger partial charge >= 0.3 is 0 Å². The molecular formula is C16H16Br2FNO. The fraction of sp³-hybridized carbons (Fsp3) is 0.250. The highest BCUT2D eigenvalue weighted by atomic mass is 79.9. The Morgan fingerprint density at radius 2 is 1.90 bits per heavy atom. The zero-order valence-electron chi connectivity index (χ0n) is 11.6. The lowest BCUT2D eigenvalue weighted by atomic mass is 10.1. The van der Waals surface area contributed by atoms with E-state index in [1.165, 1.54) is 12.1 Å². The van der Waals surface area contributed by atoms with Crippen molar-refractivity contribution in [2.75, 3.05) is 0 Å². The first kappa shape index (κ1) is 16.5. The first-order valence-corrected chi connectivity index (χ1v) is 8.15. The Hall–Kier alpha value is -0.910. The third-order valence-corrected chi connectivity index (χ3v) is 4.19. The third kappa shape index (κ3) is 4.80. The maximum absolute atomic E-state index is 13.1. The number of benzene rings is 2. The molecule has 0 fully saturated rings. The summed E-state index contributed by atoms with van der Waals surface area (Å²) in [7, 11) is 0. The van der Waals surface area contributed by atoms with Gasteiger partial charge in [-0.3, -0.25) is 0 Å². The monoisotopic (exact) mass is 415 g/mol. The Bertz CT molecular complexity index is 632. The molecule has 2 rings (SSSR count). The molecule has 21 heavy (non-hydrogen) atoms. The Balaban J connectivity index is 2.15. The summed E-state index contributed by atoms with van der Waals surface area (Å²) in [4.78, 5) is 0.